The van der Waals surface area contributed by atoms with E-state index in [-0.39, 0.29) is 12.5 Å². The Bertz CT molecular complexity index is 941. The Kier molecular flexibility index (Phi) is 5.40. The first-order chi connectivity index (χ1) is 13.7. The second kappa shape index (κ2) is 8.28. The lowest BCUT2D eigenvalue weighted by Gasteiger charge is -2.33. The molecule has 142 valence electrons. The number of carbonyl (C=O) groups excluding carboxylic acids is 1. The highest BCUT2D eigenvalue weighted by molar-refractivity contribution is 5.86. The number of amides is 1. The number of ether oxygens (including phenoxy) is 1. The van der Waals surface area contributed by atoms with Crippen LogP contribution in [-0.4, -0.2) is 24.6 Å². The maximum Gasteiger partial charge on any atom is 0.411 e. The van der Waals surface area contributed by atoms with Crippen LogP contribution in [0.3, 0.4) is 0 Å². The van der Waals surface area contributed by atoms with Gasteiger partial charge in [-0.25, -0.2) is 4.79 Å². The Morgan fingerprint density at radius 1 is 1.00 bits per heavy atom. The van der Waals surface area contributed by atoms with E-state index in [1.165, 1.54) is 11.1 Å². The van der Waals surface area contributed by atoms with Crippen LogP contribution in [0.25, 0.3) is 0 Å². The monoisotopic (exact) mass is 372 g/mol. The van der Waals surface area contributed by atoms with Crippen molar-refractivity contribution in [2.24, 2.45) is 0 Å². The number of hydrogen-bond donors (Lipinski definition) is 1. The van der Waals surface area contributed by atoms with Gasteiger partial charge in [0, 0.05) is 24.7 Å². The molecule has 28 heavy (non-hydrogen) atoms. The summed E-state index contributed by atoms with van der Waals surface area (Å²) in [6.07, 6.45) is -0.429. The molecule has 0 saturated heterocycles. The van der Waals surface area contributed by atoms with Crippen LogP contribution >= 0.6 is 0 Å². The third-order valence-electron chi connectivity index (χ3n) is 5.16. The molecule has 0 radical (unpaired) electrons. The summed E-state index contributed by atoms with van der Waals surface area (Å²) in [5.74, 6) is 0.289. The van der Waals surface area contributed by atoms with Crippen molar-refractivity contribution >= 4 is 11.8 Å². The second-order valence-corrected chi connectivity index (χ2v) is 7.22. The van der Waals surface area contributed by atoms with Crippen molar-refractivity contribution in [2.45, 2.75) is 19.1 Å². The fourth-order valence-electron chi connectivity index (χ4n) is 3.81. The largest absolute Gasteiger partial charge is 0.444 e. The van der Waals surface area contributed by atoms with Crippen molar-refractivity contribution in [3.8, 4) is 0 Å². The zero-order chi connectivity index (χ0) is 19.3. The minimum Gasteiger partial charge on any atom is -0.444 e. The highest BCUT2D eigenvalue weighted by Crippen LogP contribution is 2.36. The lowest BCUT2D eigenvalue weighted by molar-refractivity contribution is 0.155. The molecule has 1 unspecified atom stereocenters. The summed E-state index contributed by atoms with van der Waals surface area (Å²) in [5.41, 5.74) is 5.51. The molecule has 1 aliphatic rings. The fourth-order valence-corrected chi connectivity index (χ4v) is 3.81. The van der Waals surface area contributed by atoms with Gasteiger partial charge in [-0.2, -0.15) is 0 Å². The molecule has 0 aliphatic carbocycles. The maximum atomic E-state index is 12.4. The van der Waals surface area contributed by atoms with Gasteiger partial charge in [0.1, 0.15) is 6.61 Å². The molecule has 4 rings (SSSR count). The number of fused-ring (bicyclic) bond motifs is 1. The standard InChI is InChI=1S/C24H24N2O2/c1-26-15-21(19-11-6-3-7-12-19)20-13-8-14-23(22(20)16-26)25-24(27)28-17-18-9-4-2-5-10-18/h2-14,21H,15-17H2,1H3,(H,25,27). The number of nitrogens with one attached hydrogen (secondary N) is 1. The first-order valence-electron chi connectivity index (χ1n) is 9.53. The summed E-state index contributed by atoms with van der Waals surface area (Å²) in [6, 6.07) is 26.3. The smallest absolute Gasteiger partial charge is 0.411 e. The number of anilines is 1. The fraction of sp³-hybridized carbons (Fsp3) is 0.208. The molecule has 3 aromatic carbocycles. The Morgan fingerprint density at radius 3 is 2.46 bits per heavy atom. The Morgan fingerprint density at radius 2 is 1.71 bits per heavy atom. The Hall–Kier alpha value is -3.11. The third kappa shape index (κ3) is 4.07. The quantitative estimate of drug-likeness (QED) is 0.700. The second-order valence-electron chi connectivity index (χ2n) is 7.22. The first-order valence-corrected chi connectivity index (χ1v) is 9.53. The molecule has 4 nitrogen and oxygen atoms in total. The van der Waals surface area contributed by atoms with Gasteiger partial charge in [-0.05, 0) is 35.4 Å². The van der Waals surface area contributed by atoms with Crippen LogP contribution < -0.4 is 5.32 Å². The molecule has 3 aromatic rings. The van der Waals surface area contributed by atoms with Crippen molar-refractivity contribution in [1.29, 1.82) is 0 Å². The predicted octanol–water partition coefficient (Wildman–Crippen LogP) is 5.01. The molecule has 1 heterocycles. The van der Waals surface area contributed by atoms with E-state index in [1.54, 1.807) is 0 Å². The molecule has 0 fully saturated rings. The molecule has 0 aromatic heterocycles. The highest BCUT2D eigenvalue weighted by atomic mass is 16.5. The van der Waals surface area contributed by atoms with Crippen LogP contribution in [0.2, 0.25) is 0 Å². The minimum atomic E-state index is -0.429. The zero-order valence-electron chi connectivity index (χ0n) is 16.0. The van der Waals surface area contributed by atoms with E-state index in [4.69, 9.17) is 4.74 Å². The van der Waals surface area contributed by atoms with E-state index in [0.29, 0.717) is 0 Å². The van der Waals surface area contributed by atoms with E-state index in [1.807, 2.05) is 48.5 Å². The number of rotatable bonds is 4. The minimum absolute atomic E-state index is 0.258. The molecule has 1 atom stereocenters. The van der Waals surface area contributed by atoms with Crippen molar-refractivity contribution < 1.29 is 9.53 Å². The molecule has 0 spiro atoms. The van der Waals surface area contributed by atoms with Crippen LogP contribution in [0.4, 0.5) is 10.5 Å². The summed E-state index contributed by atoms with van der Waals surface area (Å²) >= 11 is 0. The van der Waals surface area contributed by atoms with Gasteiger partial charge in [0.2, 0.25) is 0 Å². The van der Waals surface area contributed by atoms with Crippen LogP contribution in [0.5, 0.6) is 0 Å². The molecule has 0 bridgehead atoms. The average molecular weight is 372 g/mol. The summed E-state index contributed by atoms with van der Waals surface area (Å²) in [4.78, 5) is 14.6. The van der Waals surface area contributed by atoms with Gasteiger partial charge in [0.15, 0.2) is 0 Å². The van der Waals surface area contributed by atoms with E-state index in [9.17, 15) is 4.79 Å². The zero-order valence-corrected chi connectivity index (χ0v) is 16.0. The maximum absolute atomic E-state index is 12.4. The van der Waals surface area contributed by atoms with Crippen LogP contribution in [0.15, 0.2) is 78.9 Å². The van der Waals surface area contributed by atoms with Gasteiger partial charge in [-0.1, -0.05) is 72.8 Å². The van der Waals surface area contributed by atoms with E-state index in [2.05, 4.69) is 47.6 Å². The highest BCUT2D eigenvalue weighted by Gasteiger charge is 2.26. The Labute approximate surface area is 165 Å². The third-order valence-corrected chi connectivity index (χ3v) is 5.16. The summed E-state index contributed by atoms with van der Waals surface area (Å²) in [7, 11) is 2.11. The molecule has 4 heteroatoms. The summed E-state index contributed by atoms with van der Waals surface area (Å²) < 4.78 is 5.40. The van der Waals surface area contributed by atoms with Gasteiger partial charge in [0.25, 0.3) is 0 Å². The van der Waals surface area contributed by atoms with Crippen LogP contribution in [0.1, 0.15) is 28.2 Å². The summed E-state index contributed by atoms with van der Waals surface area (Å²) in [5, 5.41) is 2.95. The number of hydrogen-bond acceptors (Lipinski definition) is 3. The van der Waals surface area contributed by atoms with Gasteiger partial charge in [-0.3, -0.25) is 5.32 Å². The Balaban J connectivity index is 1.54. The topological polar surface area (TPSA) is 41.6 Å². The molecule has 1 aliphatic heterocycles. The van der Waals surface area contributed by atoms with Crippen molar-refractivity contribution in [1.82, 2.24) is 4.90 Å². The van der Waals surface area contributed by atoms with Gasteiger partial charge < -0.3 is 9.64 Å². The number of carbonyl (C=O) groups is 1. The van der Waals surface area contributed by atoms with Crippen LogP contribution in [-0.2, 0) is 17.9 Å². The first kappa shape index (κ1) is 18.3. The molecule has 1 N–H and O–H groups in total. The van der Waals surface area contributed by atoms with Crippen molar-refractivity contribution in [2.75, 3.05) is 18.9 Å². The number of benzene rings is 3. The summed E-state index contributed by atoms with van der Waals surface area (Å²) in [6.45, 7) is 2.01. The van der Waals surface area contributed by atoms with E-state index in [0.717, 1.165) is 29.9 Å². The van der Waals surface area contributed by atoms with Crippen molar-refractivity contribution in [3.63, 3.8) is 0 Å². The number of likely N-dealkylation sites (N-methyl/N-ethyl adjacent to an activating group) is 1. The molecular weight excluding hydrogens is 348 g/mol. The SMILES string of the molecule is CN1Cc2c(NC(=O)OCc3ccccc3)cccc2C(c2ccccc2)C1. The van der Waals surface area contributed by atoms with Gasteiger partial charge in [0.05, 0.1) is 0 Å². The average Bonchev–Trinajstić information content (AvgIpc) is 2.73. The van der Waals surface area contributed by atoms with Crippen molar-refractivity contribution in [3.05, 3.63) is 101 Å². The van der Waals surface area contributed by atoms with E-state index >= 15 is 0 Å². The lowest BCUT2D eigenvalue weighted by atomic mass is 9.84. The molecule has 0 saturated carbocycles. The predicted molar refractivity (Wildman–Crippen MR) is 111 cm³/mol. The molecular formula is C24H24N2O2. The number of nitrogens with zero attached hydrogens (tertiary/aromatic N) is 1. The normalized spacial score (nSPS) is 16.2. The van der Waals surface area contributed by atoms with Gasteiger partial charge >= 0.3 is 6.09 Å². The van der Waals surface area contributed by atoms with E-state index < -0.39 is 6.09 Å². The molecule has 1 amide bonds. The van der Waals surface area contributed by atoms with Crippen LogP contribution in [0, 0.1) is 0 Å². The van der Waals surface area contributed by atoms with Gasteiger partial charge in [-0.15, -0.1) is 0 Å². The lowest BCUT2D eigenvalue weighted by Crippen LogP contribution is -2.32.